The zero-order valence-corrected chi connectivity index (χ0v) is 14.3. The van der Waals surface area contributed by atoms with Crippen LogP contribution in [-0.2, 0) is 17.6 Å². The summed E-state index contributed by atoms with van der Waals surface area (Å²) in [5.41, 5.74) is 2.47. The van der Waals surface area contributed by atoms with E-state index in [2.05, 4.69) is 15.3 Å². The minimum absolute atomic E-state index is 0.139. The molecule has 134 valence electrons. The number of aliphatic hydroxyl groups is 1. The number of nitrogens with zero attached hydrogens (tertiary/aromatic N) is 1. The average Bonchev–Trinajstić information content (AvgIpc) is 2.66. The summed E-state index contributed by atoms with van der Waals surface area (Å²) in [6.45, 7) is -0.143. The number of rotatable bonds is 7. The molecule has 2 aromatic carbocycles. The summed E-state index contributed by atoms with van der Waals surface area (Å²) in [4.78, 5) is 31.4. The molecule has 26 heavy (non-hydrogen) atoms. The second-order valence-electron chi connectivity index (χ2n) is 6.17. The molecule has 0 bridgehead atoms. The van der Waals surface area contributed by atoms with E-state index in [1.54, 1.807) is 6.07 Å². The summed E-state index contributed by atoms with van der Waals surface area (Å²) in [6, 6.07) is 16.6. The molecule has 0 saturated carbocycles. The molecule has 3 aromatic rings. The van der Waals surface area contributed by atoms with Crippen LogP contribution in [0.15, 0.2) is 59.4 Å². The SMILES string of the molecule is O=C(CCc1nc2ccccc2[nH]c1=O)NC(CO)Cc1ccccc1. The Balaban J connectivity index is 1.59. The lowest BCUT2D eigenvalue weighted by Gasteiger charge is -2.16. The smallest absolute Gasteiger partial charge is 0.270 e. The standard InChI is InChI=1S/C20H21N3O3/c24-13-15(12-14-6-2-1-3-7-14)21-19(25)11-10-18-20(26)23-17-9-5-4-8-16(17)22-18/h1-9,15,24H,10-13H2,(H,21,25)(H,23,26). The predicted molar refractivity (Wildman–Crippen MR) is 99.8 cm³/mol. The van der Waals surface area contributed by atoms with Crippen LogP contribution in [0.5, 0.6) is 0 Å². The Kier molecular flexibility index (Phi) is 5.76. The van der Waals surface area contributed by atoms with Gasteiger partial charge in [-0.2, -0.15) is 0 Å². The number of carbonyl (C=O) groups is 1. The third kappa shape index (κ3) is 4.55. The van der Waals surface area contributed by atoms with Gasteiger partial charge in [0.1, 0.15) is 5.69 Å². The van der Waals surface area contributed by atoms with Crippen molar-refractivity contribution in [2.75, 3.05) is 6.61 Å². The third-order valence-electron chi connectivity index (χ3n) is 4.17. The number of carbonyl (C=O) groups excluding carboxylic acids is 1. The summed E-state index contributed by atoms with van der Waals surface area (Å²) < 4.78 is 0. The minimum atomic E-state index is -0.354. The van der Waals surface area contributed by atoms with E-state index in [4.69, 9.17) is 0 Å². The van der Waals surface area contributed by atoms with Gasteiger partial charge in [0.05, 0.1) is 23.7 Å². The molecule has 0 radical (unpaired) electrons. The Morgan fingerprint density at radius 1 is 1.12 bits per heavy atom. The maximum absolute atomic E-state index is 12.2. The molecule has 6 nitrogen and oxygen atoms in total. The lowest BCUT2D eigenvalue weighted by Crippen LogP contribution is -2.39. The van der Waals surface area contributed by atoms with Crippen LogP contribution in [0.3, 0.4) is 0 Å². The van der Waals surface area contributed by atoms with Gasteiger partial charge in [-0.05, 0) is 24.1 Å². The molecular formula is C20H21N3O3. The number of aliphatic hydroxyl groups excluding tert-OH is 1. The number of aryl methyl sites for hydroxylation is 1. The molecule has 3 rings (SSSR count). The number of para-hydroxylation sites is 2. The maximum atomic E-state index is 12.2. The average molecular weight is 351 g/mol. The van der Waals surface area contributed by atoms with Crippen molar-refractivity contribution in [3.63, 3.8) is 0 Å². The second kappa shape index (κ2) is 8.40. The summed E-state index contributed by atoms with van der Waals surface area (Å²) in [6.07, 6.45) is 0.938. The van der Waals surface area contributed by atoms with Gasteiger partial charge in [0, 0.05) is 12.8 Å². The zero-order valence-electron chi connectivity index (χ0n) is 14.3. The van der Waals surface area contributed by atoms with Gasteiger partial charge in [0.2, 0.25) is 5.91 Å². The van der Waals surface area contributed by atoms with Gasteiger partial charge in [-0.15, -0.1) is 0 Å². The first-order chi connectivity index (χ1) is 12.7. The maximum Gasteiger partial charge on any atom is 0.270 e. The van der Waals surface area contributed by atoms with Crippen LogP contribution in [0.25, 0.3) is 11.0 Å². The first kappa shape index (κ1) is 17.8. The fraction of sp³-hybridized carbons (Fsp3) is 0.250. The van der Waals surface area contributed by atoms with Gasteiger partial charge < -0.3 is 15.4 Å². The molecule has 1 aromatic heterocycles. The first-order valence-corrected chi connectivity index (χ1v) is 8.58. The number of nitrogens with one attached hydrogen (secondary N) is 2. The zero-order chi connectivity index (χ0) is 18.4. The van der Waals surface area contributed by atoms with Gasteiger partial charge in [-0.3, -0.25) is 9.59 Å². The van der Waals surface area contributed by atoms with Crippen LogP contribution >= 0.6 is 0 Å². The van der Waals surface area contributed by atoms with Gasteiger partial charge in [-0.25, -0.2) is 4.98 Å². The van der Waals surface area contributed by atoms with Gasteiger partial charge in [0.25, 0.3) is 5.56 Å². The number of aromatic nitrogens is 2. The van der Waals surface area contributed by atoms with Crippen molar-refractivity contribution in [1.29, 1.82) is 0 Å². The normalized spacial score (nSPS) is 12.0. The van der Waals surface area contributed by atoms with Crippen LogP contribution in [0.1, 0.15) is 17.7 Å². The third-order valence-corrected chi connectivity index (χ3v) is 4.17. The van der Waals surface area contributed by atoms with Crippen molar-refractivity contribution >= 4 is 16.9 Å². The number of amides is 1. The monoisotopic (exact) mass is 351 g/mol. The highest BCUT2D eigenvalue weighted by Gasteiger charge is 2.13. The predicted octanol–water partition coefficient (Wildman–Crippen LogP) is 1.58. The summed E-state index contributed by atoms with van der Waals surface area (Å²) in [5.74, 6) is -0.214. The van der Waals surface area contributed by atoms with E-state index < -0.39 is 0 Å². The lowest BCUT2D eigenvalue weighted by atomic mass is 10.1. The Morgan fingerprint density at radius 3 is 2.62 bits per heavy atom. The molecule has 0 saturated heterocycles. The minimum Gasteiger partial charge on any atom is -0.394 e. The van der Waals surface area contributed by atoms with Crippen molar-refractivity contribution in [2.24, 2.45) is 0 Å². The van der Waals surface area contributed by atoms with Crippen LogP contribution in [0.4, 0.5) is 0 Å². The van der Waals surface area contributed by atoms with Gasteiger partial charge >= 0.3 is 0 Å². The highest BCUT2D eigenvalue weighted by molar-refractivity contribution is 5.77. The van der Waals surface area contributed by atoms with E-state index in [1.165, 1.54) is 0 Å². The van der Waals surface area contributed by atoms with E-state index in [9.17, 15) is 14.7 Å². The van der Waals surface area contributed by atoms with Crippen molar-refractivity contribution in [1.82, 2.24) is 15.3 Å². The number of fused-ring (bicyclic) bond motifs is 1. The molecule has 0 spiro atoms. The molecule has 1 amide bonds. The molecule has 0 fully saturated rings. The number of hydrogen-bond donors (Lipinski definition) is 3. The molecule has 0 aliphatic carbocycles. The molecule has 0 aliphatic rings. The fourth-order valence-electron chi connectivity index (χ4n) is 2.83. The summed E-state index contributed by atoms with van der Waals surface area (Å²) >= 11 is 0. The second-order valence-corrected chi connectivity index (χ2v) is 6.17. The number of H-pyrrole nitrogens is 1. The van der Waals surface area contributed by atoms with E-state index in [-0.39, 0.29) is 37.0 Å². The van der Waals surface area contributed by atoms with Crippen LogP contribution in [0, 0.1) is 0 Å². The van der Waals surface area contributed by atoms with Crippen LogP contribution in [0.2, 0.25) is 0 Å². The molecule has 1 atom stereocenters. The molecule has 6 heteroatoms. The summed E-state index contributed by atoms with van der Waals surface area (Å²) in [5, 5.41) is 12.3. The summed E-state index contributed by atoms with van der Waals surface area (Å²) in [7, 11) is 0. The highest BCUT2D eigenvalue weighted by Crippen LogP contribution is 2.07. The van der Waals surface area contributed by atoms with Crippen molar-refractivity contribution < 1.29 is 9.90 Å². The molecular weight excluding hydrogens is 330 g/mol. The fourth-order valence-corrected chi connectivity index (χ4v) is 2.83. The van der Waals surface area contributed by atoms with E-state index in [0.29, 0.717) is 23.1 Å². The van der Waals surface area contributed by atoms with Gasteiger partial charge in [-0.1, -0.05) is 42.5 Å². The van der Waals surface area contributed by atoms with Crippen LogP contribution < -0.4 is 10.9 Å². The number of hydrogen-bond acceptors (Lipinski definition) is 4. The Morgan fingerprint density at radius 2 is 1.85 bits per heavy atom. The topological polar surface area (TPSA) is 95.1 Å². The Labute approximate surface area is 150 Å². The molecule has 1 unspecified atom stereocenters. The van der Waals surface area contributed by atoms with Crippen molar-refractivity contribution in [3.8, 4) is 0 Å². The van der Waals surface area contributed by atoms with Crippen molar-refractivity contribution in [2.45, 2.75) is 25.3 Å². The lowest BCUT2D eigenvalue weighted by molar-refractivity contribution is -0.122. The quantitative estimate of drug-likeness (QED) is 0.602. The number of benzene rings is 2. The molecule has 0 aliphatic heterocycles. The molecule has 1 heterocycles. The number of aromatic amines is 1. The van der Waals surface area contributed by atoms with E-state index >= 15 is 0 Å². The van der Waals surface area contributed by atoms with Crippen LogP contribution in [-0.4, -0.2) is 33.6 Å². The Bertz CT molecular complexity index is 938. The van der Waals surface area contributed by atoms with Crippen molar-refractivity contribution in [3.05, 3.63) is 76.2 Å². The largest absolute Gasteiger partial charge is 0.394 e. The molecule has 3 N–H and O–H groups in total. The first-order valence-electron chi connectivity index (χ1n) is 8.58. The van der Waals surface area contributed by atoms with Gasteiger partial charge in [0.15, 0.2) is 0 Å². The van der Waals surface area contributed by atoms with E-state index in [1.807, 2.05) is 48.5 Å². The van der Waals surface area contributed by atoms with E-state index in [0.717, 1.165) is 5.56 Å². The Hall–Kier alpha value is -2.99. The highest BCUT2D eigenvalue weighted by atomic mass is 16.3.